The van der Waals surface area contributed by atoms with Gasteiger partial charge in [-0.15, -0.1) is 0 Å². The maximum Gasteiger partial charge on any atom is 0.420 e. The number of hydrogen-bond donors (Lipinski definition) is 0. The smallest absolute Gasteiger partial charge is 0.408 e. The summed E-state index contributed by atoms with van der Waals surface area (Å²) in [4.78, 5) is 26.9. The Kier molecular flexibility index (Phi) is 5.08. The number of aryl methyl sites for hydroxylation is 1. The van der Waals surface area contributed by atoms with Crippen LogP contribution in [0.5, 0.6) is 0 Å². The first-order valence-electron chi connectivity index (χ1n) is 8.33. The number of thiophene rings is 1. The van der Waals surface area contributed by atoms with Crippen LogP contribution in [0.25, 0.3) is 11.1 Å². The van der Waals surface area contributed by atoms with E-state index in [-0.39, 0.29) is 12.5 Å². The van der Waals surface area contributed by atoms with Gasteiger partial charge in [-0.25, -0.2) is 4.79 Å². The quantitative estimate of drug-likeness (QED) is 0.676. The van der Waals surface area contributed by atoms with Gasteiger partial charge in [0.15, 0.2) is 5.58 Å². The lowest BCUT2D eigenvalue weighted by Gasteiger charge is -2.24. The molecule has 0 radical (unpaired) electrons. The summed E-state index contributed by atoms with van der Waals surface area (Å²) >= 11 is 1.62. The number of nitrogens with zero attached hydrogens (tertiary/aromatic N) is 2. The van der Waals surface area contributed by atoms with E-state index >= 15 is 0 Å². The van der Waals surface area contributed by atoms with Crippen LogP contribution in [0.15, 0.2) is 44.2 Å². The van der Waals surface area contributed by atoms with E-state index in [0.717, 1.165) is 11.1 Å². The average Bonchev–Trinajstić information content (AvgIpc) is 3.15. The van der Waals surface area contributed by atoms with E-state index < -0.39 is 5.76 Å². The number of carbonyl (C=O) groups is 1. The lowest BCUT2D eigenvalue weighted by Crippen LogP contribution is -2.37. The standard InChI is InChI=1S/C19H22N2O3S/c1-13(2)9-20(10-15-6-7-25-12-15)18(22)11-21-16-8-14(3)4-5-17(16)24-19(21)23/h4-8,12-13H,9-11H2,1-3H3. The summed E-state index contributed by atoms with van der Waals surface area (Å²) in [5.41, 5.74) is 3.31. The minimum Gasteiger partial charge on any atom is -0.408 e. The fourth-order valence-corrected chi connectivity index (χ4v) is 3.52. The molecule has 3 rings (SSSR count). The lowest BCUT2D eigenvalue weighted by atomic mass is 10.2. The molecule has 0 aliphatic rings. The number of rotatable bonds is 6. The van der Waals surface area contributed by atoms with Gasteiger partial charge in [-0.1, -0.05) is 19.9 Å². The Morgan fingerprint density at radius 2 is 2.12 bits per heavy atom. The number of benzene rings is 1. The van der Waals surface area contributed by atoms with Crippen LogP contribution >= 0.6 is 11.3 Å². The van der Waals surface area contributed by atoms with Crippen LogP contribution in [0.3, 0.4) is 0 Å². The Morgan fingerprint density at radius 1 is 1.32 bits per heavy atom. The van der Waals surface area contributed by atoms with Crippen molar-refractivity contribution in [3.8, 4) is 0 Å². The van der Waals surface area contributed by atoms with Crippen LogP contribution in [-0.2, 0) is 17.9 Å². The third-order valence-electron chi connectivity index (χ3n) is 4.01. The molecule has 6 heteroatoms. The first kappa shape index (κ1) is 17.5. The molecule has 0 fully saturated rings. The fraction of sp³-hybridized carbons (Fsp3) is 0.368. The van der Waals surface area contributed by atoms with Crippen LogP contribution in [-0.4, -0.2) is 21.9 Å². The summed E-state index contributed by atoms with van der Waals surface area (Å²) in [5, 5.41) is 4.05. The Bertz CT molecular complexity index is 922. The van der Waals surface area contributed by atoms with Crippen LogP contribution in [0.1, 0.15) is 25.0 Å². The van der Waals surface area contributed by atoms with Gasteiger partial charge in [-0.3, -0.25) is 9.36 Å². The number of carbonyl (C=O) groups excluding carboxylic acids is 1. The van der Waals surface area contributed by atoms with E-state index in [1.54, 1.807) is 17.4 Å². The Balaban J connectivity index is 1.87. The zero-order valence-corrected chi connectivity index (χ0v) is 15.5. The molecule has 2 heterocycles. The van der Waals surface area contributed by atoms with Crippen molar-refractivity contribution in [1.29, 1.82) is 0 Å². The highest BCUT2D eigenvalue weighted by Crippen LogP contribution is 2.16. The molecule has 2 aromatic heterocycles. The highest BCUT2D eigenvalue weighted by atomic mass is 32.1. The zero-order valence-electron chi connectivity index (χ0n) is 14.7. The third-order valence-corrected chi connectivity index (χ3v) is 4.74. The molecule has 132 valence electrons. The monoisotopic (exact) mass is 358 g/mol. The van der Waals surface area contributed by atoms with Crippen molar-refractivity contribution in [2.24, 2.45) is 5.92 Å². The second-order valence-corrected chi connectivity index (χ2v) is 7.51. The molecular formula is C19H22N2O3S. The Hall–Kier alpha value is -2.34. The number of fused-ring (bicyclic) bond motifs is 1. The molecule has 1 aromatic carbocycles. The number of aromatic nitrogens is 1. The van der Waals surface area contributed by atoms with Crippen LogP contribution in [0.2, 0.25) is 0 Å². The summed E-state index contributed by atoms with van der Waals surface area (Å²) in [5.74, 6) is -0.220. The number of hydrogen-bond acceptors (Lipinski definition) is 4. The molecule has 25 heavy (non-hydrogen) atoms. The predicted molar refractivity (Wildman–Crippen MR) is 99.8 cm³/mol. The van der Waals surface area contributed by atoms with Gasteiger partial charge in [0.05, 0.1) is 5.52 Å². The van der Waals surface area contributed by atoms with Gasteiger partial charge in [-0.05, 0) is 52.9 Å². The molecule has 0 unspecified atom stereocenters. The molecule has 0 saturated carbocycles. The molecule has 5 nitrogen and oxygen atoms in total. The van der Waals surface area contributed by atoms with Crippen molar-refractivity contribution in [2.45, 2.75) is 33.9 Å². The van der Waals surface area contributed by atoms with E-state index in [1.165, 1.54) is 4.57 Å². The topological polar surface area (TPSA) is 55.5 Å². The molecule has 3 aromatic rings. The van der Waals surface area contributed by atoms with E-state index in [4.69, 9.17) is 4.42 Å². The lowest BCUT2D eigenvalue weighted by molar-refractivity contribution is -0.133. The molecule has 1 amide bonds. The summed E-state index contributed by atoms with van der Waals surface area (Å²) in [6.07, 6.45) is 0. The zero-order chi connectivity index (χ0) is 18.0. The Labute approximate surface area is 150 Å². The van der Waals surface area contributed by atoms with Gasteiger partial charge in [0.2, 0.25) is 5.91 Å². The first-order chi connectivity index (χ1) is 11.9. The SMILES string of the molecule is Cc1ccc2oc(=O)n(CC(=O)N(Cc3ccsc3)CC(C)C)c2c1. The van der Waals surface area contributed by atoms with Gasteiger partial charge >= 0.3 is 5.76 Å². The minimum absolute atomic E-state index is 0.00779. The summed E-state index contributed by atoms with van der Waals surface area (Å²) in [6.45, 7) is 7.31. The highest BCUT2D eigenvalue weighted by Gasteiger charge is 2.19. The summed E-state index contributed by atoms with van der Waals surface area (Å²) < 4.78 is 6.68. The van der Waals surface area contributed by atoms with Crippen molar-refractivity contribution in [1.82, 2.24) is 9.47 Å². The third kappa shape index (κ3) is 4.02. The number of oxazole rings is 1. The molecule has 0 aliphatic carbocycles. The normalized spacial score (nSPS) is 11.4. The van der Waals surface area contributed by atoms with Gasteiger partial charge in [0, 0.05) is 13.1 Å². The summed E-state index contributed by atoms with van der Waals surface area (Å²) in [7, 11) is 0. The predicted octanol–water partition coefficient (Wildman–Crippen LogP) is 3.65. The number of amides is 1. The van der Waals surface area contributed by atoms with Crippen molar-refractivity contribution in [2.75, 3.05) is 6.54 Å². The molecule has 0 N–H and O–H groups in total. The van der Waals surface area contributed by atoms with Crippen molar-refractivity contribution in [3.05, 3.63) is 56.7 Å². The molecular weight excluding hydrogens is 336 g/mol. The molecule has 0 aliphatic heterocycles. The molecule has 0 atom stereocenters. The largest absolute Gasteiger partial charge is 0.420 e. The van der Waals surface area contributed by atoms with E-state index in [2.05, 4.69) is 13.8 Å². The Morgan fingerprint density at radius 3 is 2.80 bits per heavy atom. The highest BCUT2D eigenvalue weighted by molar-refractivity contribution is 7.07. The van der Waals surface area contributed by atoms with Crippen LogP contribution in [0.4, 0.5) is 0 Å². The van der Waals surface area contributed by atoms with Crippen LogP contribution in [0, 0.1) is 12.8 Å². The minimum atomic E-state index is -0.492. The second-order valence-electron chi connectivity index (χ2n) is 6.72. The maximum atomic E-state index is 12.9. The average molecular weight is 358 g/mol. The van der Waals surface area contributed by atoms with Crippen molar-refractivity contribution in [3.63, 3.8) is 0 Å². The second kappa shape index (κ2) is 7.27. The van der Waals surface area contributed by atoms with E-state index in [0.29, 0.717) is 30.1 Å². The van der Waals surface area contributed by atoms with Gasteiger partial charge in [-0.2, -0.15) is 11.3 Å². The molecule has 0 bridgehead atoms. The summed E-state index contributed by atoms with van der Waals surface area (Å²) in [6, 6.07) is 7.55. The van der Waals surface area contributed by atoms with Gasteiger partial charge in [0.25, 0.3) is 0 Å². The fourth-order valence-electron chi connectivity index (χ4n) is 2.86. The van der Waals surface area contributed by atoms with E-state index in [9.17, 15) is 9.59 Å². The van der Waals surface area contributed by atoms with Crippen LogP contribution < -0.4 is 5.76 Å². The maximum absolute atomic E-state index is 12.9. The van der Waals surface area contributed by atoms with Gasteiger partial charge in [0.1, 0.15) is 6.54 Å². The van der Waals surface area contributed by atoms with Crippen molar-refractivity contribution < 1.29 is 9.21 Å². The molecule has 0 saturated heterocycles. The van der Waals surface area contributed by atoms with Gasteiger partial charge < -0.3 is 9.32 Å². The van der Waals surface area contributed by atoms with Crippen molar-refractivity contribution >= 4 is 28.3 Å². The molecule has 0 spiro atoms. The van der Waals surface area contributed by atoms with E-state index in [1.807, 2.05) is 40.8 Å². The first-order valence-corrected chi connectivity index (χ1v) is 9.27.